The summed E-state index contributed by atoms with van der Waals surface area (Å²) in [6.07, 6.45) is 1.29. The third-order valence-electron chi connectivity index (χ3n) is 5.08. The molecule has 3 heterocycles. The Kier molecular flexibility index (Phi) is 4.11. The Hall–Kier alpha value is -1.21. The fourth-order valence-electron chi connectivity index (χ4n) is 3.79. The second-order valence-electron chi connectivity index (χ2n) is 6.80. The van der Waals surface area contributed by atoms with E-state index < -0.39 is 0 Å². The molecule has 2 bridgehead atoms. The molecule has 116 valence electrons. The molecule has 1 aromatic carbocycles. The van der Waals surface area contributed by atoms with Gasteiger partial charge >= 0.3 is 0 Å². The number of nitrogens with zero attached hydrogens (tertiary/aromatic N) is 4. The molecule has 2 fully saturated rings. The van der Waals surface area contributed by atoms with Gasteiger partial charge in [-0.25, -0.2) is 0 Å². The summed E-state index contributed by atoms with van der Waals surface area (Å²) in [6.45, 7) is 2.32. The zero-order valence-corrected chi connectivity index (χ0v) is 15.3. The molecule has 2 aromatic rings. The maximum absolute atomic E-state index is 4.47. The number of piperazine rings is 1. The van der Waals surface area contributed by atoms with Gasteiger partial charge in [-0.05, 0) is 12.1 Å². The number of aromatic nitrogens is 2. The Morgan fingerprint density at radius 2 is 1.82 bits per heavy atom. The topological polar surface area (TPSA) is 29.0 Å². The van der Waals surface area contributed by atoms with E-state index in [9.17, 15) is 0 Å². The lowest BCUT2D eigenvalue weighted by Crippen LogP contribution is -2.55. The van der Waals surface area contributed by atoms with E-state index in [0.717, 1.165) is 34.1 Å². The van der Waals surface area contributed by atoms with Crippen LogP contribution < -0.4 is 4.90 Å². The summed E-state index contributed by atoms with van der Waals surface area (Å²) in [7, 11) is 4.68. The van der Waals surface area contributed by atoms with Crippen molar-refractivity contribution in [3.8, 4) is 11.3 Å². The maximum atomic E-state index is 4.47. The van der Waals surface area contributed by atoms with Gasteiger partial charge in [-0.1, -0.05) is 30.3 Å². The predicted molar refractivity (Wildman–Crippen MR) is 99.4 cm³/mol. The third kappa shape index (κ3) is 2.60. The molecule has 4 rings (SSSR count). The minimum Gasteiger partial charge on any atom is -0.340 e. The lowest BCUT2D eigenvalue weighted by Gasteiger charge is -2.38. The summed E-state index contributed by atoms with van der Waals surface area (Å²) < 4.78 is 1.15. The molecular weight excluding hydrogens is 387 g/mol. The molecule has 2 aliphatic heterocycles. The Balaban J connectivity index is 0.00000144. The van der Waals surface area contributed by atoms with Gasteiger partial charge in [-0.3, -0.25) is 0 Å². The van der Waals surface area contributed by atoms with Gasteiger partial charge in [0.15, 0.2) is 5.82 Å². The smallest absolute Gasteiger partial charge is 0.151 e. The zero-order valence-electron chi connectivity index (χ0n) is 13.0. The van der Waals surface area contributed by atoms with Crippen LogP contribution in [0.2, 0.25) is 0 Å². The number of rotatable bonds is 2. The molecule has 0 spiro atoms. The first-order valence-corrected chi connectivity index (χ1v) is 7.62. The van der Waals surface area contributed by atoms with Crippen LogP contribution in [0.15, 0.2) is 42.5 Å². The van der Waals surface area contributed by atoms with E-state index in [4.69, 9.17) is 0 Å². The first-order chi connectivity index (χ1) is 10.1. The largest absolute Gasteiger partial charge is 0.340 e. The third-order valence-corrected chi connectivity index (χ3v) is 5.08. The van der Waals surface area contributed by atoms with Crippen LogP contribution in [0.3, 0.4) is 0 Å². The molecule has 0 unspecified atom stereocenters. The molecule has 0 amide bonds. The van der Waals surface area contributed by atoms with E-state index in [2.05, 4.69) is 53.5 Å². The van der Waals surface area contributed by atoms with Crippen LogP contribution in [-0.4, -0.2) is 53.9 Å². The monoisotopic (exact) mass is 409 g/mol. The molecular formula is C17H22IN4+. The van der Waals surface area contributed by atoms with Gasteiger partial charge in [0.2, 0.25) is 0 Å². The molecule has 5 heteroatoms. The van der Waals surface area contributed by atoms with Crippen LogP contribution in [0.25, 0.3) is 11.3 Å². The van der Waals surface area contributed by atoms with Crippen LogP contribution in [0.5, 0.6) is 0 Å². The lowest BCUT2D eigenvalue weighted by molar-refractivity contribution is -0.903. The van der Waals surface area contributed by atoms with Gasteiger partial charge in [-0.15, -0.1) is 34.2 Å². The average Bonchev–Trinajstić information content (AvgIpc) is 3.04. The number of hydrogen-bond donors (Lipinski definition) is 0. The highest BCUT2D eigenvalue weighted by atomic mass is 127. The standard InChI is InChI=1S/C17H21N4.HI/c1-21(2)12-14-10-15(21)11-20(14)17-9-8-16(18-19-17)13-6-4-3-5-7-13;/h3-9,14-15H,10-12H2,1-2H3;1H/q+1;/t14-,15-;/m1./s1. The van der Waals surface area contributed by atoms with E-state index in [1.807, 2.05) is 18.2 Å². The van der Waals surface area contributed by atoms with Crippen molar-refractivity contribution in [2.45, 2.75) is 18.5 Å². The normalized spacial score (nSPS) is 25.1. The van der Waals surface area contributed by atoms with Crippen LogP contribution in [0, 0.1) is 0 Å². The minimum absolute atomic E-state index is 0. The van der Waals surface area contributed by atoms with Crippen LogP contribution >= 0.6 is 24.0 Å². The summed E-state index contributed by atoms with van der Waals surface area (Å²) >= 11 is 0. The van der Waals surface area contributed by atoms with Crippen molar-refractivity contribution >= 4 is 29.8 Å². The number of likely N-dealkylation sites (N-methyl/N-ethyl adjacent to an activating group) is 1. The van der Waals surface area contributed by atoms with E-state index in [-0.39, 0.29) is 24.0 Å². The Bertz CT molecular complexity index is 641. The van der Waals surface area contributed by atoms with Gasteiger partial charge < -0.3 is 9.38 Å². The molecule has 4 nitrogen and oxygen atoms in total. The summed E-state index contributed by atoms with van der Waals surface area (Å²) in [5, 5.41) is 8.89. The van der Waals surface area contributed by atoms with Gasteiger partial charge in [-0.2, -0.15) is 0 Å². The maximum Gasteiger partial charge on any atom is 0.151 e. The van der Waals surface area contributed by atoms with Gasteiger partial charge in [0.25, 0.3) is 0 Å². The fourth-order valence-corrected chi connectivity index (χ4v) is 3.79. The highest BCUT2D eigenvalue weighted by Crippen LogP contribution is 2.36. The van der Waals surface area contributed by atoms with Crippen molar-refractivity contribution in [1.82, 2.24) is 10.2 Å². The van der Waals surface area contributed by atoms with E-state index in [1.54, 1.807) is 0 Å². The van der Waals surface area contributed by atoms with Gasteiger partial charge in [0.1, 0.15) is 6.04 Å². The molecule has 0 N–H and O–H groups in total. The summed E-state index contributed by atoms with van der Waals surface area (Å²) in [4.78, 5) is 2.44. The Morgan fingerprint density at radius 3 is 2.36 bits per heavy atom. The molecule has 0 radical (unpaired) electrons. The first kappa shape index (κ1) is 15.7. The highest BCUT2D eigenvalue weighted by Gasteiger charge is 2.50. The molecule has 22 heavy (non-hydrogen) atoms. The molecule has 0 aliphatic carbocycles. The molecule has 2 aliphatic rings. The summed E-state index contributed by atoms with van der Waals surface area (Å²) in [6, 6.07) is 15.8. The predicted octanol–water partition coefficient (Wildman–Crippen LogP) is 2.80. The number of benzene rings is 1. The number of hydrogen-bond acceptors (Lipinski definition) is 3. The van der Waals surface area contributed by atoms with Gasteiger partial charge in [0.05, 0.1) is 38.9 Å². The average molecular weight is 409 g/mol. The minimum atomic E-state index is 0. The van der Waals surface area contributed by atoms with Crippen molar-refractivity contribution in [3.05, 3.63) is 42.5 Å². The van der Waals surface area contributed by atoms with E-state index in [0.29, 0.717) is 6.04 Å². The number of quaternary nitrogens is 1. The number of anilines is 1. The summed E-state index contributed by atoms with van der Waals surface area (Å²) in [5.41, 5.74) is 2.07. The quantitative estimate of drug-likeness (QED) is 0.565. The Morgan fingerprint density at radius 1 is 1.05 bits per heavy atom. The van der Waals surface area contributed by atoms with Crippen molar-refractivity contribution in [2.75, 3.05) is 32.1 Å². The van der Waals surface area contributed by atoms with E-state index >= 15 is 0 Å². The van der Waals surface area contributed by atoms with Crippen LogP contribution in [-0.2, 0) is 0 Å². The SMILES string of the molecule is C[N+]1(C)C[C@H]2C[C@@H]1CN2c1ccc(-c2ccccc2)nn1.I. The van der Waals surface area contributed by atoms with Crippen LogP contribution in [0.1, 0.15) is 6.42 Å². The first-order valence-electron chi connectivity index (χ1n) is 7.62. The van der Waals surface area contributed by atoms with Crippen molar-refractivity contribution in [1.29, 1.82) is 0 Å². The molecule has 1 aromatic heterocycles. The second-order valence-corrected chi connectivity index (χ2v) is 6.80. The van der Waals surface area contributed by atoms with Crippen molar-refractivity contribution in [2.24, 2.45) is 0 Å². The molecule has 2 atom stereocenters. The lowest BCUT2D eigenvalue weighted by atomic mass is 10.1. The fraction of sp³-hybridized carbons (Fsp3) is 0.412. The highest BCUT2D eigenvalue weighted by molar-refractivity contribution is 14.0. The zero-order chi connectivity index (χ0) is 14.4. The van der Waals surface area contributed by atoms with Gasteiger partial charge in [0, 0.05) is 12.0 Å². The van der Waals surface area contributed by atoms with Crippen LogP contribution in [0.4, 0.5) is 5.82 Å². The summed E-state index contributed by atoms with van der Waals surface area (Å²) in [5.74, 6) is 1.03. The van der Waals surface area contributed by atoms with Crippen molar-refractivity contribution < 1.29 is 4.48 Å². The Labute approximate surface area is 148 Å². The number of halogens is 1. The van der Waals surface area contributed by atoms with E-state index in [1.165, 1.54) is 13.0 Å². The molecule has 0 saturated carbocycles. The number of likely N-dealkylation sites (tertiary alicyclic amines) is 1. The second kappa shape index (κ2) is 5.77. The molecule has 2 saturated heterocycles. The van der Waals surface area contributed by atoms with Crippen molar-refractivity contribution in [3.63, 3.8) is 0 Å². The number of fused-ring (bicyclic) bond motifs is 2.